The summed E-state index contributed by atoms with van der Waals surface area (Å²) in [5.41, 5.74) is 0.485. The van der Waals surface area contributed by atoms with Crippen LogP contribution in [0.5, 0.6) is 5.88 Å². The van der Waals surface area contributed by atoms with Gasteiger partial charge in [-0.2, -0.15) is 0 Å². The molecule has 14 heteroatoms. The lowest BCUT2D eigenvalue weighted by Gasteiger charge is -2.29. The first-order valence-corrected chi connectivity index (χ1v) is 13.8. The van der Waals surface area contributed by atoms with Crippen LogP contribution in [0.15, 0.2) is 30.6 Å². The molecule has 1 aliphatic heterocycles. The third-order valence-electron chi connectivity index (χ3n) is 6.16. The molecule has 0 saturated carbocycles. The van der Waals surface area contributed by atoms with Crippen molar-refractivity contribution in [1.29, 1.82) is 0 Å². The number of anilines is 1. The number of halogens is 1. The summed E-state index contributed by atoms with van der Waals surface area (Å²) in [5.74, 6) is 1.02. The van der Waals surface area contributed by atoms with Crippen LogP contribution >= 0.6 is 11.6 Å². The quantitative estimate of drug-likeness (QED) is 0.398. The Labute approximate surface area is 220 Å². The topological polar surface area (TPSA) is 143 Å². The van der Waals surface area contributed by atoms with E-state index in [1.54, 1.807) is 22.8 Å². The Morgan fingerprint density at radius 2 is 1.97 bits per heavy atom. The van der Waals surface area contributed by atoms with Gasteiger partial charge in [0.25, 0.3) is 0 Å². The highest BCUT2D eigenvalue weighted by molar-refractivity contribution is 7.93. The Kier molecular flexibility index (Phi) is 8.57. The fraction of sp³-hybridized carbons (Fsp3) is 0.522. The first kappa shape index (κ1) is 27.2. The van der Waals surface area contributed by atoms with Gasteiger partial charge >= 0.3 is 0 Å². The van der Waals surface area contributed by atoms with Gasteiger partial charge in [0.05, 0.1) is 30.9 Å². The number of methoxy groups -OCH3 is 2. The number of rotatable bonds is 10. The molecule has 37 heavy (non-hydrogen) atoms. The number of hydrogen-bond donors (Lipinski definition) is 1. The van der Waals surface area contributed by atoms with Gasteiger partial charge in [0.2, 0.25) is 21.9 Å². The molecule has 1 aliphatic rings. The van der Waals surface area contributed by atoms with Crippen molar-refractivity contribution in [3.63, 3.8) is 0 Å². The molecule has 1 N–H and O–H groups in total. The minimum atomic E-state index is -4.04. The number of sulfonamides is 1. The monoisotopic (exact) mass is 551 g/mol. The first-order valence-electron chi connectivity index (χ1n) is 11.8. The van der Waals surface area contributed by atoms with Crippen LogP contribution in [0.1, 0.15) is 45.0 Å². The van der Waals surface area contributed by atoms with E-state index in [4.69, 9.17) is 25.8 Å². The molecule has 0 spiro atoms. The average molecular weight is 552 g/mol. The lowest BCUT2D eigenvalue weighted by Crippen LogP contribution is -2.34. The standard InChI is InChI=1S/C23H30ClN7O5S/c1-14-7-5-8-17(36-14)13-31-22(18-9-6-10-19(27-18)34-3)28-29-23(31)30-37(32,33)15(2)20(35-4)21-25-11-16(24)12-26-21/h6,9-12,14-15,17,20H,5,7-8,13H2,1-4H3,(H,29,30)/t14-,15?,17-,20?/m0/s1. The van der Waals surface area contributed by atoms with Crippen LogP contribution in [0.25, 0.3) is 11.5 Å². The molecule has 3 aromatic rings. The molecule has 0 aliphatic carbocycles. The highest BCUT2D eigenvalue weighted by Gasteiger charge is 2.35. The number of nitrogens with one attached hydrogen (secondary N) is 1. The van der Waals surface area contributed by atoms with Crippen LogP contribution in [-0.4, -0.2) is 69.8 Å². The number of aromatic nitrogens is 6. The van der Waals surface area contributed by atoms with Crippen molar-refractivity contribution in [2.45, 2.75) is 63.2 Å². The average Bonchev–Trinajstić information content (AvgIpc) is 3.26. The van der Waals surface area contributed by atoms with E-state index in [0.29, 0.717) is 29.0 Å². The summed E-state index contributed by atoms with van der Waals surface area (Å²) in [7, 11) is -1.12. The number of ether oxygens (including phenoxy) is 3. The van der Waals surface area contributed by atoms with Crippen LogP contribution < -0.4 is 9.46 Å². The fourth-order valence-corrected chi connectivity index (χ4v) is 5.44. The van der Waals surface area contributed by atoms with E-state index in [-0.39, 0.29) is 24.0 Å². The number of nitrogens with zero attached hydrogens (tertiary/aromatic N) is 6. The molecular formula is C23H30ClN7O5S. The van der Waals surface area contributed by atoms with E-state index in [9.17, 15) is 8.42 Å². The van der Waals surface area contributed by atoms with Crippen LogP contribution in [0.4, 0.5) is 5.95 Å². The minimum Gasteiger partial charge on any atom is -0.481 e. The Hall–Kier alpha value is -2.87. The van der Waals surface area contributed by atoms with Crippen molar-refractivity contribution < 1.29 is 22.6 Å². The summed E-state index contributed by atoms with van der Waals surface area (Å²) in [6.07, 6.45) is 4.61. The van der Waals surface area contributed by atoms with Crippen LogP contribution in [0.3, 0.4) is 0 Å². The summed E-state index contributed by atoms with van der Waals surface area (Å²) in [4.78, 5) is 12.7. The van der Waals surface area contributed by atoms with Gasteiger partial charge < -0.3 is 14.2 Å². The Morgan fingerprint density at radius 3 is 2.65 bits per heavy atom. The smallest absolute Gasteiger partial charge is 0.240 e. The zero-order valence-corrected chi connectivity index (χ0v) is 22.6. The van der Waals surface area contributed by atoms with Gasteiger partial charge in [-0.05, 0) is 39.2 Å². The molecule has 4 rings (SSSR count). The maximum absolute atomic E-state index is 13.5. The summed E-state index contributed by atoms with van der Waals surface area (Å²) >= 11 is 5.88. The molecule has 12 nitrogen and oxygen atoms in total. The zero-order valence-electron chi connectivity index (χ0n) is 21.0. The van der Waals surface area contributed by atoms with E-state index in [0.717, 1.165) is 19.3 Å². The second kappa shape index (κ2) is 11.7. The Bertz CT molecular complexity index is 1310. The van der Waals surface area contributed by atoms with Crippen LogP contribution in [-0.2, 0) is 26.0 Å². The molecule has 4 atom stereocenters. The van der Waals surface area contributed by atoms with Crippen molar-refractivity contribution >= 4 is 27.6 Å². The van der Waals surface area contributed by atoms with E-state index >= 15 is 0 Å². The molecular weight excluding hydrogens is 522 g/mol. The van der Waals surface area contributed by atoms with E-state index < -0.39 is 21.4 Å². The van der Waals surface area contributed by atoms with Crippen molar-refractivity contribution in [2.75, 3.05) is 18.9 Å². The highest BCUT2D eigenvalue weighted by atomic mass is 35.5. The first-order chi connectivity index (χ1) is 17.7. The largest absolute Gasteiger partial charge is 0.481 e. The van der Waals surface area contributed by atoms with Gasteiger partial charge in [-0.25, -0.2) is 23.4 Å². The molecule has 2 unspecified atom stereocenters. The van der Waals surface area contributed by atoms with Crippen LogP contribution in [0.2, 0.25) is 5.02 Å². The van der Waals surface area contributed by atoms with Gasteiger partial charge in [-0.3, -0.25) is 9.29 Å². The Morgan fingerprint density at radius 1 is 1.22 bits per heavy atom. The molecule has 200 valence electrons. The third kappa shape index (κ3) is 6.35. The molecule has 0 bridgehead atoms. The minimum absolute atomic E-state index is 0.0418. The summed E-state index contributed by atoms with van der Waals surface area (Å²) in [6, 6.07) is 5.25. The molecule has 3 aromatic heterocycles. The van der Waals surface area contributed by atoms with E-state index in [2.05, 4.69) is 29.9 Å². The third-order valence-corrected chi connectivity index (χ3v) is 8.05. The van der Waals surface area contributed by atoms with Crippen molar-refractivity contribution in [3.8, 4) is 17.4 Å². The van der Waals surface area contributed by atoms with Gasteiger partial charge in [-0.1, -0.05) is 17.7 Å². The van der Waals surface area contributed by atoms with Crippen molar-refractivity contribution in [2.24, 2.45) is 0 Å². The van der Waals surface area contributed by atoms with E-state index in [1.165, 1.54) is 33.5 Å². The van der Waals surface area contributed by atoms with E-state index in [1.807, 2.05) is 6.92 Å². The Balaban J connectivity index is 1.67. The predicted molar refractivity (Wildman–Crippen MR) is 137 cm³/mol. The van der Waals surface area contributed by atoms with Gasteiger partial charge in [-0.15, -0.1) is 10.2 Å². The molecule has 0 aromatic carbocycles. The highest BCUT2D eigenvalue weighted by Crippen LogP contribution is 2.28. The zero-order chi connectivity index (χ0) is 26.6. The van der Waals surface area contributed by atoms with Gasteiger partial charge in [0.15, 0.2) is 11.6 Å². The molecule has 1 fully saturated rings. The number of pyridine rings is 1. The van der Waals surface area contributed by atoms with Crippen LogP contribution in [0, 0.1) is 0 Å². The lowest BCUT2D eigenvalue weighted by molar-refractivity contribution is -0.0467. The second-order valence-corrected chi connectivity index (χ2v) is 11.3. The van der Waals surface area contributed by atoms with Gasteiger partial charge in [0, 0.05) is 25.6 Å². The normalized spacial score (nSPS) is 19.8. The summed E-state index contributed by atoms with van der Waals surface area (Å²) < 4.78 is 48.0. The van der Waals surface area contributed by atoms with Crippen molar-refractivity contribution in [3.05, 3.63) is 41.4 Å². The SMILES string of the molecule is COc1cccc(-c2nnc(NS(=O)(=O)C(C)C(OC)c3ncc(Cl)cn3)n2C[C@@H]2CCC[C@H](C)O2)n1. The molecule has 0 radical (unpaired) electrons. The van der Waals surface area contributed by atoms with Gasteiger partial charge in [0.1, 0.15) is 17.0 Å². The predicted octanol–water partition coefficient (Wildman–Crippen LogP) is 3.27. The maximum Gasteiger partial charge on any atom is 0.240 e. The van der Waals surface area contributed by atoms with Crippen molar-refractivity contribution in [1.82, 2.24) is 29.7 Å². The summed E-state index contributed by atoms with van der Waals surface area (Å²) in [6.45, 7) is 3.87. The number of hydrogen-bond acceptors (Lipinski definition) is 10. The molecule has 1 saturated heterocycles. The fourth-order valence-electron chi connectivity index (χ4n) is 4.19. The second-order valence-electron chi connectivity index (χ2n) is 8.79. The molecule has 4 heterocycles. The maximum atomic E-state index is 13.5. The summed E-state index contributed by atoms with van der Waals surface area (Å²) in [5, 5.41) is 7.69. The lowest BCUT2D eigenvalue weighted by atomic mass is 10.0. The molecule has 0 amide bonds.